The maximum Gasteiger partial charge on any atom is 0.251 e. The van der Waals surface area contributed by atoms with Gasteiger partial charge in [-0.15, -0.1) is 11.3 Å². The minimum absolute atomic E-state index is 0.292. The second-order valence-corrected chi connectivity index (χ2v) is 5.84. The quantitative estimate of drug-likeness (QED) is 0.887. The van der Waals surface area contributed by atoms with Crippen molar-refractivity contribution in [3.05, 3.63) is 45.9 Å². The Morgan fingerprint density at radius 3 is 2.60 bits per heavy atom. The zero-order valence-electron chi connectivity index (χ0n) is 10.6. The monoisotopic (exact) mass is 353 g/mol. The van der Waals surface area contributed by atoms with Crippen molar-refractivity contribution >= 4 is 44.2 Å². The van der Waals surface area contributed by atoms with Crippen LogP contribution in [0.25, 0.3) is 0 Å². The predicted octanol–water partition coefficient (Wildman–Crippen LogP) is 2.66. The molecule has 2 aromatic rings. The van der Waals surface area contributed by atoms with Crippen LogP contribution in [0.3, 0.4) is 0 Å². The Hall–Kier alpha value is -1.73. The molecular weight excluding hydrogens is 342 g/mol. The number of carbonyl (C=O) groups is 2. The van der Waals surface area contributed by atoms with E-state index in [2.05, 4.69) is 31.5 Å². The molecule has 0 saturated heterocycles. The highest BCUT2D eigenvalue weighted by Crippen LogP contribution is 2.12. The van der Waals surface area contributed by atoms with E-state index < -0.39 is 6.04 Å². The van der Waals surface area contributed by atoms with Gasteiger partial charge in [0, 0.05) is 21.6 Å². The summed E-state index contributed by atoms with van der Waals surface area (Å²) < 4.78 is 0.892. The Morgan fingerprint density at radius 2 is 2.00 bits per heavy atom. The van der Waals surface area contributed by atoms with E-state index in [1.807, 2.05) is 0 Å². The van der Waals surface area contributed by atoms with Crippen LogP contribution in [-0.4, -0.2) is 22.8 Å². The van der Waals surface area contributed by atoms with E-state index >= 15 is 0 Å². The third-order valence-corrected chi connectivity index (χ3v) is 3.73. The molecule has 104 valence electrons. The summed E-state index contributed by atoms with van der Waals surface area (Å²) in [7, 11) is 0. The van der Waals surface area contributed by atoms with Gasteiger partial charge in [-0.1, -0.05) is 15.9 Å². The van der Waals surface area contributed by atoms with Gasteiger partial charge in [-0.25, -0.2) is 4.98 Å². The van der Waals surface area contributed by atoms with E-state index in [1.165, 1.54) is 11.3 Å². The van der Waals surface area contributed by atoms with Gasteiger partial charge in [0.2, 0.25) is 5.91 Å². The number of hydrogen-bond donors (Lipinski definition) is 2. The molecule has 1 atom stereocenters. The van der Waals surface area contributed by atoms with Gasteiger partial charge in [0.15, 0.2) is 5.13 Å². The number of nitrogens with one attached hydrogen (secondary N) is 2. The van der Waals surface area contributed by atoms with Crippen molar-refractivity contribution in [3.8, 4) is 0 Å². The van der Waals surface area contributed by atoms with Gasteiger partial charge in [0.1, 0.15) is 6.04 Å². The molecule has 0 aliphatic rings. The molecule has 1 heterocycles. The molecule has 2 N–H and O–H groups in total. The first kappa shape index (κ1) is 14.7. The maximum absolute atomic E-state index is 12.0. The second kappa shape index (κ2) is 6.62. The molecule has 0 aliphatic heterocycles. The molecule has 0 bridgehead atoms. The fraction of sp³-hybridized carbons (Fsp3) is 0.154. The summed E-state index contributed by atoms with van der Waals surface area (Å²) in [5.41, 5.74) is 0.502. The zero-order valence-corrected chi connectivity index (χ0v) is 13.0. The summed E-state index contributed by atoms with van der Waals surface area (Å²) >= 11 is 4.62. The average Bonchev–Trinajstić information content (AvgIpc) is 2.92. The number of nitrogens with zero attached hydrogens (tertiary/aromatic N) is 1. The SMILES string of the molecule is CC(NC(=O)c1ccc(Br)cc1)C(=O)Nc1nccs1. The van der Waals surface area contributed by atoms with Crippen molar-refractivity contribution < 1.29 is 9.59 Å². The lowest BCUT2D eigenvalue weighted by Crippen LogP contribution is -2.41. The molecule has 1 unspecified atom stereocenters. The van der Waals surface area contributed by atoms with E-state index in [4.69, 9.17) is 0 Å². The van der Waals surface area contributed by atoms with Gasteiger partial charge >= 0.3 is 0 Å². The van der Waals surface area contributed by atoms with Crippen LogP contribution < -0.4 is 10.6 Å². The number of amides is 2. The molecule has 0 radical (unpaired) electrons. The molecule has 7 heteroatoms. The third-order valence-electron chi connectivity index (χ3n) is 2.51. The smallest absolute Gasteiger partial charge is 0.251 e. The third kappa shape index (κ3) is 3.88. The van der Waals surface area contributed by atoms with Crippen LogP contribution in [0.2, 0.25) is 0 Å². The largest absolute Gasteiger partial charge is 0.341 e. The number of aromatic nitrogens is 1. The van der Waals surface area contributed by atoms with Crippen LogP contribution in [0.4, 0.5) is 5.13 Å². The molecule has 2 rings (SSSR count). The van der Waals surface area contributed by atoms with Crippen LogP contribution in [0.1, 0.15) is 17.3 Å². The van der Waals surface area contributed by atoms with Gasteiger partial charge < -0.3 is 10.6 Å². The number of hydrogen-bond acceptors (Lipinski definition) is 4. The number of benzene rings is 1. The number of rotatable bonds is 4. The molecular formula is C13H12BrN3O2S. The van der Waals surface area contributed by atoms with Gasteiger partial charge in [-0.05, 0) is 31.2 Å². The van der Waals surface area contributed by atoms with Crippen LogP contribution in [0.5, 0.6) is 0 Å². The second-order valence-electron chi connectivity index (χ2n) is 4.03. The van der Waals surface area contributed by atoms with Gasteiger partial charge in [0.05, 0.1) is 0 Å². The molecule has 2 amide bonds. The molecule has 20 heavy (non-hydrogen) atoms. The average molecular weight is 354 g/mol. The van der Waals surface area contributed by atoms with Gasteiger partial charge in [0.25, 0.3) is 5.91 Å². The Bertz CT molecular complexity index is 599. The highest BCUT2D eigenvalue weighted by atomic mass is 79.9. The Kier molecular flexibility index (Phi) is 4.86. The topological polar surface area (TPSA) is 71.1 Å². The van der Waals surface area contributed by atoms with Crippen molar-refractivity contribution in [1.82, 2.24) is 10.3 Å². The first-order valence-electron chi connectivity index (χ1n) is 5.83. The van der Waals surface area contributed by atoms with Crippen LogP contribution >= 0.6 is 27.3 Å². The summed E-state index contributed by atoms with van der Waals surface area (Å²) in [6.07, 6.45) is 1.60. The number of anilines is 1. The molecule has 1 aromatic carbocycles. The predicted molar refractivity (Wildman–Crippen MR) is 81.8 cm³/mol. The lowest BCUT2D eigenvalue weighted by atomic mass is 10.2. The van der Waals surface area contributed by atoms with E-state index in [0.29, 0.717) is 10.7 Å². The Balaban J connectivity index is 1.93. The summed E-state index contributed by atoms with van der Waals surface area (Å²) in [6, 6.07) is 6.27. The van der Waals surface area contributed by atoms with Crippen LogP contribution in [0, 0.1) is 0 Å². The highest BCUT2D eigenvalue weighted by Gasteiger charge is 2.17. The van der Waals surface area contributed by atoms with Crippen molar-refractivity contribution in [1.29, 1.82) is 0 Å². The van der Waals surface area contributed by atoms with Crippen LogP contribution in [0.15, 0.2) is 40.3 Å². The van der Waals surface area contributed by atoms with Crippen LogP contribution in [-0.2, 0) is 4.79 Å². The van der Waals surface area contributed by atoms with Crippen molar-refractivity contribution in [2.45, 2.75) is 13.0 Å². The van der Waals surface area contributed by atoms with E-state index in [0.717, 1.165) is 4.47 Å². The minimum atomic E-state index is -0.643. The molecule has 1 aromatic heterocycles. The number of thiazole rings is 1. The first-order valence-corrected chi connectivity index (χ1v) is 7.50. The first-order chi connectivity index (χ1) is 9.56. The maximum atomic E-state index is 12.0. The number of carbonyl (C=O) groups excluding carboxylic acids is 2. The summed E-state index contributed by atoms with van der Waals surface area (Å²) in [5, 5.41) is 7.55. The van der Waals surface area contributed by atoms with E-state index in [9.17, 15) is 9.59 Å². The molecule has 0 saturated carbocycles. The van der Waals surface area contributed by atoms with Gasteiger partial charge in [-0.2, -0.15) is 0 Å². The Labute approximate surface area is 128 Å². The summed E-state index contributed by atoms with van der Waals surface area (Å²) in [6.45, 7) is 1.62. The lowest BCUT2D eigenvalue weighted by Gasteiger charge is -2.13. The molecule has 5 nitrogen and oxygen atoms in total. The van der Waals surface area contributed by atoms with Gasteiger partial charge in [-0.3, -0.25) is 9.59 Å². The molecule has 0 spiro atoms. The van der Waals surface area contributed by atoms with Crippen molar-refractivity contribution in [2.24, 2.45) is 0 Å². The summed E-state index contributed by atoms with van der Waals surface area (Å²) in [5.74, 6) is -0.593. The standard InChI is InChI=1S/C13H12BrN3O2S/c1-8(11(18)17-13-15-6-7-20-13)16-12(19)9-2-4-10(14)5-3-9/h2-8H,1H3,(H,16,19)(H,15,17,18). The fourth-order valence-electron chi connectivity index (χ4n) is 1.45. The minimum Gasteiger partial charge on any atom is -0.341 e. The molecule has 0 fully saturated rings. The normalized spacial score (nSPS) is 11.7. The Morgan fingerprint density at radius 1 is 1.30 bits per heavy atom. The lowest BCUT2D eigenvalue weighted by molar-refractivity contribution is -0.117. The highest BCUT2D eigenvalue weighted by molar-refractivity contribution is 9.10. The van der Waals surface area contributed by atoms with Crippen molar-refractivity contribution in [3.63, 3.8) is 0 Å². The van der Waals surface area contributed by atoms with E-state index in [1.54, 1.807) is 42.8 Å². The molecule has 0 aliphatic carbocycles. The van der Waals surface area contributed by atoms with Crippen molar-refractivity contribution in [2.75, 3.05) is 5.32 Å². The summed E-state index contributed by atoms with van der Waals surface area (Å²) in [4.78, 5) is 27.8. The fourth-order valence-corrected chi connectivity index (χ4v) is 2.24. The zero-order chi connectivity index (χ0) is 14.5. The van der Waals surface area contributed by atoms with E-state index in [-0.39, 0.29) is 11.8 Å². The number of halogens is 1.